The topological polar surface area (TPSA) is 87.3 Å². The summed E-state index contributed by atoms with van der Waals surface area (Å²) in [6.45, 7) is 8.88. The molecule has 8 heteroatoms. The predicted molar refractivity (Wildman–Crippen MR) is 133 cm³/mol. The van der Waals surface area contributed by atoms with Crippen molar-refractivity contribution in [1.29, 1.82) is 5.41 Å². The van der Waals surface area contributed by atoms with Gasteiger partial charge < -0.3 is 9.47 Å². The van der Waals surface area contributed by atoms with Crippen molar-refractivity contribution >= 4 is 39.8 Å². The van der Waals surface area contributed by atoms with Crippen LogP contribution in [0.1, 0.15) is 30.5 Å². The number of hydrogen-bond donors (Lipinski definition) is 1. The van der Waals surface area contributed by atoms with Gasteiger partial charge in [-0.15, -0.1) is 0 Å². The first-order valence-electron chi connectivity index (χ1n) is 10.7. The predicted octanol–water partition coefficient (Wildman–Crippen LogP) is 5.04. The number of hydrazone groups is 1. The van der Waals surface area contributed by atoms with Crippen molar-refractivity contribution < 1.29 is 14.3 Å². The van der Waals surface area contributed by atoms with E-state index in [1.807, 2.05) is 64.1 Å². The molecule has 1 N–H and O–H groups in total. The first kappa shape index (κ1) is 22.8. The first-order chi connectivity index (χ1) is 15.8. The number of fused-ring (bicyclic) bond motifs is 1. The molecule has 0 radical (unpaired) electrons. The molecular weight excluding hydrogens is 436 g/mol. The molecule has 2 aromatic carbocycles. The number of rotatable bonds is 7. The number of aryl methyl sites for hydroxylation is 2. The molecular formula is C25H26N4O3S. The minimum absolute atomic E-state index is 0.0291. The quantitative estimate of drug-likeness (QED) is 0.460. The van der Waals surface area contributed by atoms with Gasteiger partial charge in [0.2, 0.25) is 5.17 Å². The number of amidine groups is 2. The average molecular weight is 463 g/mol. The lowest BCUT2D eigenvalue weighted by Crippen LogP contribution is -2.35. The van der Waals surface area contributed by atoms with Crippen molar-refractivity contribution in [3.05, 3.63) is 64.7 Å². The molecule has 0 unspecified atom stereocenters. The Hall–Kier alpha value is -3.39. The monoisotopic (exact) mass is 462 g/mol. The van der Waals surface area contributed by atoms with E-state index in [9.17, 15) is 4.79 Å². The van der Waals surface area contributed by atoms with Gasteiger partial charge in [0.05, 0.1) is 5.57 Å². The van der Waals surface area contributed by atoms with E-state index in [1.54, 1.807) is 6.08 Å². The molecule has 2 aliphatic rings. The molecule has 0 spiro atoms. The van der Waals surface area contributed by atoms with Gasteiger partial charge in [0.25, 0.3) is 5.91 Å². The number of ether oxygens (including phenoxy) is 2. The second kappa shape index (κ2) is 9.62. The van der Waals surface area contributed by atoms with Gasteiger partial charge in [0.15, 0.2) is 5.84 Å². The van der Waals surface area contributed by atoms with E-state index >= 15 is 0 Å². The molecule has 0 aromatic heterocycles. The number of carbonyl (C=O) groups is 1. The molecule has 33 heavy (non-hydrogen) atoms. The molecule has 0 saturated carbocycles. The number of carbonyl (C=O) groups excluding carboxylic acids is 1. The van der Waals surface area contributed by atoms with Gasteiger partial charge in [-0.2, -0.15) is 15.1 Å². The molecule has 0 aliphatic carbocycles. The smallest absolute Gasteiger partial charge is 0.283 e. The zero-order valence-electron chi connectivity index (χ0n) is 19.1. The maximum Gasteiger partial charge on any atom is 0.283 e. The van der Waals surface area contributed by atoms with Crippen molar-refractivity contribution in [2.45, 2.75) is 27.7 Å². The molecule has 2 heterocycles. The molecule has 0 fully saturated rings. The van der Waals surface area contributed by atoms with E-state index in [-0.39, 0.29) is 17.3 Å². The third-order valence-electron chi connectivity index (χ3n) is 5.09. The summed E-state index contributed by atoms with van der Waals surface area (Å²) in [4.78, 5) is 16.7. The van der Waals surface area contributed by atoms with E-state index in [0.29, 0.717) is 24.1 Å². The summed E-state index contributed by atoms with van der Waals surface area (Å²) in [5.41, 5.74) is 3.18. The number of thioether (sulfide) groups is 1. The molecule has 2 aromatic rings. The second-order valence-corrected chi connectivity index (χ2v) is 9.14. The maximum absolute atomic E-state index is 12.6. The van der Waals surface area contributed by atoms with Gasteiger partial charge >= 0.3 is 0 Å². The van der Waals surface area contributed by atoms with Crippen LogP contribution in [0.2, 0.25) is 0 Å². The highest BCUT2D eigenvalue weighted by Crippen LogP contribution is 2.31. The highest BCUT2D eigenvalue weighted by molar-refractivity contribution is 8.27. The Morgan fingerprint density at radius 1 is 1.12 bits per heavy atom. The number of aliphatic imine (C=N–C) groups is 1. The fourth-order valence-corrected chi connectivity index (χ4v) is 4.17. The van der Waals surface area contributed by atoms with Crippen LogP contribution in [0.15, 0.2) is 58.1 Å². The normalized spacial score (nSPS) is 16.8. The molecule has 0 saturated heterocycles. The van der Waals surface area contributed by atoms with Crippen LogP contribution in [0.3, 0.4) is 0 Å². The van der Waals surface area contributed by atoms with Crippen LogP contribution in [0, 0.1) is 25.2 Å². The lowest BCUT2D eigenvalue weighted by molar-refractivity contribution is -0.114. The minimum Gasteiger partial charge on any atom is -0.490 e. The van der Waals surface area contributed by atoms with Crippen molar-refractivity contribution in [2.24, 2.45) is 16.0 Å². The molecule has 1 amide bonds. The molecule has 4 rings (SSSR count). The summed E-state index contributed by atoms with van der Waals surface area (Å²) in [5.74, 6) is 1.30. The highest BCUT2D eigenvalue weighted by atomic mass is 32.2. The number of nitrogens with zero attached hydrogens (tertiary/aromatic N) is 3. The van der Waals surface area contributed by atoms with E-state index in [4.69, 9.17) is 14.9 Å². The summed E-state index contributed by atoms with van der Waals surface area (Å²) in [5, 5.41) is 15.6. The van der Waals surface area contributed by atoms with Crippen LogP contribution in [0.4, 0.5) is 0 Å². The maximum atomic E-state index is 12.6. The summed E-state index contributed by atoms with van der Waals surface area (Å²) >= 11 is 1.34. The summed E-state index contributed by atoms with van der Waals surface area (Å²) in [6.07, 6.45) is 1.65. The fourth-order valence-electron chi connectivity index (χ4n) is 3.27. The van der Waals surface area contributed by atoms with E-state index < -0.39 is 5.91 Å². The van der Waals surface area contributed by atoms with Crippen LogP contribution in [0.5, 0.6) is 11.5 Å². The van der Waals surface area contributed by atoms with Crippen molar-refractivity contribution in [3.8, 4) is 11.5 Å². The van der Waals surface area contributed by atoms with Gasteiger partial charge in [-0.05, 0) is 66.6 Å². The van der Waals surface area contributed by atoms with E-state index in [2.05, 4.69) is 16.2 Å². The average Bonchev–Trinajstić information content (AvgIpc) is 3.21. The third kappa shape index (κ3) is 5.17. The van der Waals surface area contributed by atoms with Crippen LogP contribution in [0.25, 0.3) is 6.08 Å². The van der Waals surface area contributed by atoms with Crippen LogP contribution < -0.4 is 9.47 Å². The SMILES string of the molecule is Cc1ccc(C)c(OCCOc2cccc(/C=C3/C(=N)N4N=C(C(C)C)SC4=NC3=O)c2)c1. The summed E-state index contributed by atoms with van der Waals surface area (Å²) in [6, 6.07) is 13.5. The Morgan fingerprint density at radius 3 is 2.70 bits per heavy atom. The molecule has 2 aliphatic heterocycles. The van der Waals surface area contributed by atoms with Gasteiger partial charge in [-0.1, -0.05) is 38.1 Å². The fraction of sp³-hybridized carbons (Fsp3) is 0.280. The summed E-state index contributed by atoms with van der Waals surface area (Å²) in [7, 11) is 0. The van der Waals surface area contributed by atoms with Gasteiger partial charge in [0.1, 0.15) is 29.8 Å². The van der Waals surface area contributed by atoms with Crippen LogP contribution >= 0.6 is 11.8 Å². The third-order valence-corrected chi connectivity index (χ3v) is 6.30. The van der Waals surface area contributed by atoms with E-state index in [0.717, 1.165) is 27.5 Å². The lowest BCUT2D eigenvalue weighted by Gasteiger charge is -2.20. The van der Waals surface area contributed by atoms with Crippen LogP contribution in [-0.2, 0) is 4.79 Å². The second-order valence-electron chi connectivity index (χ2n) is 8.15. The lowest BCUT2D eigenvalue weighted by atomic mass is 10.1. The molecule has 170 valence electrons. The van der Waals surface area contributed by atoms with Crippen LogP contribution in [-0.4, -0.2) is 40.2 Å². The number of hydrogen-bond acceptors (Lipinski definition) is 6. The first-order valence-corrected chi connectivity index (χ1v) is 11.6. The number of amides is 1. The Balaban J connectivity index is 1.42. The molecule has 0 atom stereocenters. The Bertz CT molecular complexity index is 1200. The van der Waals surface area contributed by atoms with Crippen molar-refractivity contribution in [2.75, 3.05) is 13.2 Å². The Labute approximate surface area is 197 Å². The molecule has 7 nitrogen and oxygen atoms in total. The number of nitrogens with one attached hydrogen (secondary N) is 1. The van der Waals surface area contributed by atoms with Gasteiger partial charge in [0, 0.05) is 5.92 Å². The highest BCUT2D eigenvalue weighted by Gasteiger charge is 2.36. The summed E-state index contributed by atoms with van der Waals surface area (Å²) < 4.78 is 11.7. The van der Waals surface area contributed by atoms with Gasteiger partial charge in [-0.3, -0.25) is 10.2 Å². The zero-order chi connectivity index (χ0) is 23.5. The Kier molecular flexibility index (Phi) is 6.65. The Morgan fingerprint density at radius 2 is 1.91 bits per heavy atom. The zero-order valence-corrected chi connectivity index (χ0v) is 19.9. The molecule has 0 bridgehead atoms. The van der Waals surface area contributed by atoms with Gasteiger partial charge in [-0.25, -0.2) is 0 Å². The van der Waals surface area contributed by atoms with Crippen molar-refractivity contribution in [1.82, 2.24) is 5.01 Å². The van der Waals surface area contributed by atoms with Crippen molar-refractivity contribution in [3.63, 3.8) is 0 Å². The standard InChI is InChI=1S/C25H26N4O3S/c1-15(2)24-28-29-22(26)20(23(30)27-25(29)33-24)14-18-6-5-7-19(13-18)31-10-11-32-21-12-16(3)8-9-17(21)4/h5-9,12-15,26H,10-11H2,1-4H3/b20-14-,26-22?. The largest absolute Gasteiger partial charge is 0.490 e. The number of benzene rings is 2. The van der Waals surface area contributed by atoms with E-state index in [1.165, 1.54) is 16.8 Å². The minimum atomic E-state index is -0.438.